The maximum absolute atomic E-state index is 9.79. The van der Waals surface area contributed by atoms with Gasteiger partial charge >= 0.3 is 0 Å². The predicted octanol–water partition coefficient (Wildman–Crippen LogP) is 8.30. The highest BCUT2D eigenvalue weighted by Crippen LogP contribution is 2.40. The van der Waals surface area contributed by atoms with Crippen LogP contribution in [-0.4, -0.2) is 26.2 Å². The molecule has 4 nitrogen and oxygen atoms in total. The van der Waals surface area contributed by atoms with Gasteiger partial charge in [-0.05, 0) is 97.2 Å². The number of aliphatic hydroxyl groups excluding tert-OH is 1. The number of H-pyrrole nitrogens is 1. The molecule has 2 atom stereocenters. The predicted molar refractivity (Wildman–Crippen MR) is 150 cm³/mol. The smallest absolute Gasteiger partial charge is 0.0960 e. The van der Waals surface area contributed by atoms with Gasteiger partial charge in [0.25, 0.3) is 0 Å². The summed E-state index contributed by atoms with van der Waals surface area (Å²) in [4.78, 5) is 8.48. The number of fused-ring (bicyclic) bond motifs is 2. The molecule has 2 aliphatic carbocycles. The highest BCUT2D eigenvalue weighted by atomic mass is 16.3. The molecular weight excluding hydrogens is 442 g/mol. The number of aromatic nitrogens is 3. The molecule has 2 heterocycles. The van der Waals surface area contributed by atoms with E-state index in [0.29, 0.717) is 24.5 Å². The van der Waals surface area contributed by atoms with Crippen molar-refractivity contribution in [3.63, 3.8) is 0 Å². The summed E-state index contributed by atoms with van der Waals surface area (Å²) in [5.74, 6) is 1.03. The van der Waals surface area contributed by atoms with Gasteiger partial charge in [-0.3, -0.25) is 0 Å². The van der Waals surface area contributed by atoms with E-state index in [2.05, 4.69) is 59.3 Å². The zero-order valence-corrected chi connectivity index (χ0v) is 21.8. The largest absolute Gasteiger partial charge is 0.396 e. The fourth-order valence-corrected chi connectivity index (χ4v) is 7.02. The third kappa shape index (κ3) is 4.49. The fourth-order valence-electron chi connectivity index (χ4n) is 7.02. The third-order valence-corrected chi connectivity index (χ3v) is 9.19. The van der Waals surface area contributed by atoms with E-state index in [1.54, 1.807) is 0 Å². The Hall–Kier alpha value is -2.59. The van der Waals surface area contributed by atoms with Crippen LogP contribution in [0.2, 0.25) is 0 Å². The maximum atomic E-state index is 9.79. The molecule has 2 saturated carbocycles. The van der Waals surface area contributed by atoms with Crippen LogP contribution in [0.1, 0.15) is 101 Å². The molecule has 4 heteroatoms. The molecule has 4 aromatic rings. The Morgan fingerprint density at radius 1 is 0.944 bits per heavy atom. The number of aliphatic hydroxyl groups is 1. The first-order valence-corrected chi connectivity index (χ1v) is 14.5. The number of aryl methyl sites for hydroxylation is 1. The van der Waals surface area contributed by atoms with Gasteiger partial charge in [0.1, 0.15) is 0 Å². The lowest BCUT2D eigenvalue weighted by molar-refractivity contribution is 0.195. The average molecular weight is 484 g/mol. The lowest BCUT2D eigenvalue weighted by atomic mass is 9.81. The summed E-state index contributed by atoms with van der Waals surface area (Å²) in [6.07, 6.45) is 19.1. The number of benzene rings is 2. The van der Waals surface area contributed by atoms with Crippen LogP contribution in [0, 0.1) is 5.92 Å². The summed E-state index contributed by atoms with van der Waals surface area (Å²) in [6.45, 7) is 2.58. The molecule has 0 radical (unpaired) electrons. The zero-order valence-electron chi connectivity index (χ0n) is 21.8. The Morgan fingerprint density at radius 2 is 1.78 bits per heavy atom. The summed E-state index contributed by atoms with van der Waals surface area (Å²) < 4.78 is 2.43. The zero-order chi connectivity index (χ0) is 24.5. The van der Waals surface area contributed by atoms with Gasteiger partial charge in [-0.1, -0.05) is 51.2 Å². The molecule has 2 aromatic heterocycles. The molecule has 0 bridgehead atoms. The standard InChI is InChI=1S/C32H41N3O/c1-2-23-19-33-30-18-26(24-9-7-6-8-22(20-36)12-13-24)16-28(32(23)30)25-14-15-31-29(17-25)34-21-35(31)27-10-4-3-5-11-27/h14-19,21-22,24,27,33,36H,2-13,20H2,1H3. The van der Waals surface area contributed by atoms with E-state index >= 15 is 0 Å². The highest BCUT2D eigenvalue weighted by molar-refractivity contribution is 6.00. The quantitative estimate of drug-likeness (QED) is 0.300. The van der Waals surface area contributed by atoms with Crippen molar-refractivity contribution in [3.8, 4) is 11.1 Å². The number of hydrogen-bond donors (Lipinski definition) is 2. The van der Waals surface area contributed by atoms with E-state index in [1.807, 2.05) is 0 Å². The summed E-state index contributed by atoms with van der Waals surface area (Å²) in [5.41, 5.74) is 9.10. The molecule has 2 unspecified atom stereocenters. The first kappa shape index (κ1) is 23.8. The summed E-state index contributed by atoms with van der Waals surface area (Å²) in [6, 6.07) is 12.4. The Kier molecular flexibility index (Phi) is 6.88. The van der Waals surface area contributed by atoms with Crippen molar-refractivity contribution >= 4 is 21.9 Å². The van der Waals surface area contributed by atoms with Crippen molar-refractivity contribution in [1.82, 2.24) is 14.5 Å². The minimum absolute atomic E-state index is 0.334. The monoisotopic (exact) mass is 483 g/mol. The van der Waals surface area contributed by atoms with E-state index < -0.39 is 0 Å². The molecule has 0 spiro atoms. The second-order valence-corrected chi connectivity index (χ2v) is 11.4. The average Bonchev–Trinajstić information content (AvgIpc) is 3.52. The van der Waals surface area contributed by atoms with Gasteiger partial charge < -0.3 is 14.7 Å². The minimum Gasteiger partial charge on any atom is -0.396 e. The lowest BCUT2D eigenvalue weighted by Crippen LogP contribution is -2.12. The molecule has 0 aliphatic heterocycles. The Bertz CT molecular complexity index is 1330. The van der Waals surface area contributed by atoms with Crippen LogP contribution in [0.15, 0.2) is 42.9 Å². The summed E-state index contributed by atoms with van der Waals surface area (Å²) in [7, 11) is 0. The Labute approximate surface area is 215 Å². The van der Waals surface area contributed by atoms with Crippen LogP contribution in [0.25, 0.3) is 33.1 Å². The van der Waals surface area contributed by atoms with Crippen molar-refractivity contribution in [1.29, 1.82) is 0 Å². The summed E-state index contributed by atoms with van der Waals surface area (Å²) >= 11 is 0. The van der Waals surface area contributed by atoms with Crippen molar-refractivity contribution in [2.24, 2.45) is 5.92 Å². The number of imidazole rings is 1. The van der Waals surface area contributed by atoms with Crippen LogP contribution < -0.4 is 0 Å². The van der Waals surface area contributed by atoms with Gasteiger partial charge in [0.2, 0.25) is 0 Å². The molecule has 190 valence electrons. The number of hydrogen-bond acceptors (Lipinski definition) is 2. The highest BCUT2D eigenvalue weighted by Gasteiger charge is 2.22. The van der Waals surface area contributed by atoms with E-state index in [-0.39, 0.29) is 0 Å². The van der Waals surface area contributed by atoms with Gasteiger partial charge in [0.05, 0.1) is 17.4 Å². The molecule has 0 saturated heterocycles. The first-order chi connectivity index (χ1) is 17.7. The molecule has 36 heavy (non-hydrogen) atoms. The fraction of sp³-hybridized carbons (Fsp3) is 0.531. The molecular formula is C32H41N3O. The molecule has 2 N–H and O–H groups in total. The van der Waals surface area contributed by atoms with Crippen LogP contribution in [0.5, 0.6) is 0 Å². The van der Waals surface area contributed by atoms with Crippen LogP contribution >= 0.6 is 0 Å². The van der Waals surface area contributed by atoms with E-state index in [9.17, 15) is 5.11 Å². The molecule has 2 aromatic carbocycles. The second-order valence-electron chi connectivity index (χ2n) is 11.4. The van der Waals surface area contributed by atoms with Crippen molar-refractivity contribution in [2.75, 3.05) is 6.61 Å². The second kappa shape index (κ2) is 10.4. The van der Waals surface area contributed by atoms with Crippen LogP contribution in [0.4, 0.5) is 0 Å². The van der Waals surface area contributed by atoms with Gasteiger partial charge in [0.15, 0.2) is 0 Å². The molecule has 0 amide bonds. The van der Waals surface area contributed by atoms with Crippen LogP contribution in [-0.2, 0) is 6.42 Å². The Morgan fingerprint density at radius 3 is 2.61 bits per heavy atom. The van der Waals surface area contributed by atoms with Gasteiger partial charge in [-0.25, -0.2) is 4.98 Å². The van der Waals surface area contributed by atoms with Crippen molar-refractivity contribution in [3.05, 3.63) is 54.0 Å². The number of nitrogens with zero attached hydrogens (tertiary/aromatic N) is 2. The van der Waals surface area contributed by atoms with E-state index in [0.717, 1.165) is 18.4 Å². The number of aromatic amines is 1. The third-order valence-electron chi connectivity index (χ3n) is 9.19. The lowest BCUT2D eigenvalue weighted by Gasteiger charge is -2.25. The molecule has 6 rings (SSSR count). The van der Waals surface area contributed by atoms with Crippen molar-refractivity contribution < 1.29 is 5.11 Å². The minimum atomic E-state index is 0.334. The van der Waals surface area contributed by atoms with Gasteiger partial charge in [0, 0.05) is 29.7 Å². The summed E-state index contributed by atoms with van der Waals surface area (Å²) in [5, 5.41) is 11.2. The Balaban J connectivity index is 1.41. The van der Waals surface area contributed by atoms with E-state index in [4.69, 9.17) is 4.98 Å². The number of rotatable bonds is 5. The topological polar surface area (TPSA) is 53.8 Å². The number of nitrogens with one attached hydrogen (secondary N) is 1. The normalized spacial score (nSPS) is 22.2. The maximum Gasteiger partial charge on any atom is 0.0960 e. The first-order valence-electron chi connectivity index (χ1n) is 14.5. The van der Waals surface area contributed by atoms with Gasteiger partial charge in [-0.15, -0.1) is 0 Å². The van der Waals surface area contributed by atoms with Gasteiger partial charge in [-0.2, -0.15) is 0 Å². The molecule has 2 fully saturated rings. The van der Waals surface area contributed by atoms with E-state index in [1.165, 1.54) is 103 Å². The van der Waals surface area contributed by atoms with Crippen molar-refractivity contribution in [2.45, 2.75) is 95.9 Å². The SMILES string of the molecule is CCc1c[nH]c2cc(C3CCCCC(CO)CC3)cc(-c3ccc4c(c3)ncn4C3CCCCC3)c12. The molecule has 2 aliphatic rings. The van der Waals surface area contributed by atoms with Crippen LogP contribution in [0.3, 0.4) is 0 Å².